The van der Waals surface area contributed by atoms with Crippen LogP contribution in [0.15, 0.2) is 0 Å². The SMILES string of the molecule is O=C(O)C1(C2(O)CCCC2)CN2CCC1CC2. The highest BCUT2D eigenvalue weighted by atomic mass is 16.4. The predicted molar refractivity (Wildman–Crippen MR) is 62.7 cm³/mol. The number of rotatable bonds is 2. The van der Waals surface area contributed by atoms with Crippen molar-refractivity contribution < 1.29 is 15.0 Å². The zero-order valence-corrected chi connectivity index (χ0v) is 10.2. The van der Waals surface area contributed by atoms with E-state index in [4.69, 9.17) is 0 Å². The Balaban J connectivity index is 2.01. The maximum Gasteiger partial charge on any atom is 0.314 e. The van der Waals surface area contributed by atoms with Crippen LogP contribution in [-0.2, 0) is 4.79 Å². The molecule has 1 unspecified atom stereocenters. The lowest BCUT2D eigenvalue weighted by Crippen LogP contribution is -2.67. The fraction of sp³-hybridized carbons (Fsp3) is 0.923. The number of hydrogen-bond acceptors (Lipinski definition) is 3. The van der Waals surface area contributed by atoms with E-state index >= 15 is 0 Å². The van der Waals surface area contributed by atoms with Crippen LogP contribution in [-0.4, -0.2) is 46.3 Å². The number of carbonyl (C=O) groups is 1. The Morgan fingerprint density at radius 3 is 2.18 bits per heavy atom. The smallest absolute Gasteiger partial charge is 0.314 e. The quantitative estimate of drug-likeness (QED) is 0.757. The van der Waals surface area contributed by atoms with Crippen molar-refractivity contribution in [2.45, 2.75) is 44.1 Å². The van der Waals surface area contributed by atoms with Gasteiger partial charge in [-0.2, -0.15) is 0 Å². The Kier molecular flexibility index (Phi) is 2.49. The average molecular weight is 239 g/mol. The van der Waals surface area contributed by atoms with Crippen LogP contribution in [0.5, 0.6) is 0 Å². The lowest BCUT2D eigenvalue weighted by Gasteiger charge is -2.56. The molecule has 2 N–H and O–H groups in total. The standard InChI is InChI=1S/C13H21NO3/c15-11(16)13(12(17)5-1-2-6-12)9-14-7-3-10(13)4-8-14/h10,17H,1-9H2,(H,15,16). The second-order valence-corrected chi connectivity index (χ2v) is 6.07. The van der Waals surface area contributed by atoms with E-state index in [1.54, 1.807) is 0 Å². The number of nitrogens with zero attached hydrogens (tertiary/aromatic N) is 1. The van der Waals surface area contributed by atoms with Crippen molar-refractivity contribution in [3.05, 3.63) is 0 Å². The van der Waals surface area contributed by atoms with Gasteiger partial charge in [-0.15, -0.1) is 0 Å². The van der Waals surface area contributed by atoms with Gasteiger partial charge in [0, 0.05) is 6.54 Å². The number of aliphatic hydroxyl groups is 1. The fourth-order valence-corrected chi connectivity index (χ4v) is 4.44. The van der Waals surface area contributed by atoms with Crippen LogP contribution in [0.4, 0.5) is 0 Å². The summed E-state index contributed by atoms with van der Waals surface area (Å²) in [5, 5.41) is 20.6. The molecule has 0 radical (unpaired) electrons. The second-order valence-electron chi connectivity index (χ2n) is 6.07. The summed E-state index contributed by atoms with van der Waals surface area (Å²) in [4.78, 5) is 14.1. The summed E-state index contributed by atoms with van der Waals surface area (Å²) >= 11 is 0. The molecule has 0 amide bonds. The first kappa shape index (κ1) is 11.5. The predicted octanol–water partition coefficient (Wildman–Crippen LogP) is 1.09. The van der Waals surface area contributed by atoms with E-state index in [1.165, 1.54) is 0 Å². The number of carboxylic acid groups (broad SMARTS) is 1. The Bertz CT molecular complexity index is 330. The first-order valence-corrected chi connectivity index (χ1v) is 6.77. The van der Waals surface area contributed by atoms with Crippen molar-refractivity contribution in [2.24, 2.45) is 11.3 Å². The minimum atomic E-state index is -0.956. The Morgan fingerprint density at radius 2 is 1.76 bits per heavy atom. The van der Waals surface area contributed by atoms with Gasteiger partial charge in [0.2, 0.25) is 0 Å². The van der Waals surface area contributed by atoms with E-state index < -0.39 is 17.0 Å². The lowest BCUT2D eigenvalue weighted by molar-refractivity contribution is -0.199. The van der Waals surface area contributed by atoms with Crippen molar-refractivity contribution in [3.63, 3.8) is 0 Å². The van der Waals surface area contributed by atoms with Gasteiger partial charge < -0.3 is 15.1 Å². The number of hydrogen-bond donors (Lipinski definition) is 2. The van der Waals surface area contributed by atoms with Gasteiger partial charge in [0.1, 0.15) is 5.41 Å². The van der Waals surface area contributed by atoms with Crippen LogP contribution in [0, 0.1) is 11.3 Å². The highest BCUT2D eigenvalue weighted by molar-refractivity contribution is 5.78. The summed E-state index contributed by atoms with van der Waals surface area (Å²) in [6, 6.07) is 0. The van der Waals surface area contributed by atoms with Crippen LogP contribution < -0.4 is 0 Å². The maximum absolute atomic E-state index is 11.9. The maximum atomic E-state index is 11.9. The molecule has 4 fully saturated rings. The number of piperidine rings is 3. The molecule has 0 spiro atoms. The third-order valence-corrected chi connectivity index (χ3v) is 5.40. The zero-order chi connectivity index (χ0) is 12.1. The van der Waals surface area contributed by atoms with Gasteiger partial charge in [-0.3, -0.25) is 4.79 Å². The second kappa shape index (κ2) is 3.69. The molecule has 0 aromatic carbocycles. The molecule has 17 heavy (non-hydrogen) atoms. The fourth-order valence-electron chi connectivity index (χ4n) is 4.44. The van der Waals surface area contributed by atoms with E-state index in [9.17, 15) is 15.0 Å². The van der Waals surface area contributed by atoms with Crippen molar-refractivity contribution in [1.82, 2.24) is 4.90 Å². The highest BCUT2D eigenvalue weighted by Crippen LogP contribution is 2.54. The van der Waals surface area contributed by atoms with Crippen LogP contribution in [0.25, 0.3) is 0 Å². The molecule has 4 rings (SSSR count). The molecule has 4 heteroatoms. The number of fused-ring (bicyclic) bond motifs is 3. The van der Waals surface area contributed by atoms with E-state index in [1.807, 2.05) is 0 Å². The molecule has 1 aliphatic carbocycles. The molecule has 3 aliphatic heterocycles. The largest absolute Gasteiger partial charge is 0.481 e. The molecule has 0 aromatic rings. The van der Waals surface area contributed by atoms with E-state index in [2.05, 4.69) is 4.90 Å². The first-order chi connectivity index (χ1) is 8.08. The average Bonchev–Trinajstić information content (AvgIpc) is 2.78. The number of aliphatic carboxylic acids is 1. The van der Waals surface area contributed by atoms with Gasteiger partial charge in [-0.1, -0.05) is 12.8 Å². The van der Waals surface area contributed by atoms with Crippen molar-refractivity contribution >= 4 is 5.97 Å². The Hall–Kier alpha value is -0.610. The summed E-state index contributed by atoms with van der Waals surface area (Å²) in [5.41, 5.74) is -1.84. The van der Waals surface area contributed by atoms with Crippen LogP contribution in [0.2, 0.25) is 0 Å². The van der Waals surface area contributed by atoms with E-state index in [0.717, 1.165) is 38.8 Å². The molecule has 4 aliphatic rings. The molecule has 3 heterocycles. The minimum Gasteiger partial charge on any atom is -0.481 e. The molecular formula is C13H21NO3. The molecule has 1 atom stereocenters. The molecule has 0 aromatic heterocycles. The van der Waals surface area contributed by atoms with Crippen molar-refractivity contribution in [2.75, 3.05) is 19.6 Å². The minimum absolute atomic E-state index is 0.174. The first-order valence-electron chi connectivity index (χ1n) is 6.77. The van der Waals surface area contributed by atoms with Gasteiger partial charge in [0.15, 0.2) is 0 Å². The summed E-state index contributed by atoms with van der Waals surface area (Å²) in [6.07, 6.45) is 5.16. The molecule has 3 saturated heterocycles. The van der Waals surface area contributed by atoms with E-state index in [0.29, 0.717) is 19.4 Å². The Labute approximate surface area is 102 Å². The summed E-state index contributed by atoms with van der Waals surface area (Å²) in [7, 11) is 0. The summed E-state index contributed by atoms with van der Waals surface area (Å²) in [6.45, 7) is 2.58. The van der Waals surface area contributed by atoms with Gasteiger partial charge >= 0.3 is 5.97 Å². The molecule has 2 bridgehead atoms. The molecular weight excluding hydrogens is 218 g/mol. The van der Waals surface area contributed by atoms with Gasteiger partial charge in [0.05, 0.1) is 5.60 Å². The third kappa shape index (κ3) is 1.40. The van der Waals surface area contributed by atoms with Gasteiger partial charge in [-0.05, 0) is 44.7 Å². The van der Waals surface area contributed by atoms with Crippen LogP contribution in [0.1, 0.15) is 38.5 Å². The normalized spacial score (nSPS) is 43.8. The van der Waals surface area contributed by atoms with Crippen molar-refractivity contribution in [3.8, 4) is 0 Å². The van der Waals surface area contributed by atoms with Gasteiger partial charge in [0.25, 0.3) is 0 Å². The molecule has 4 nitrogen and oxygen atoms in total. The topological polar surface area (TPSA) is 60.8 Å². The van der Waals surface area contributed by atoms with Crippen LogP contribution >= 0.6 is 0 Å². The summed E-state index contributed by atoms with van der Waals surface area (Å²) in [5.74, 6) is -0.593. The Morgan fingerprint density at radius 1 is 1.18 bits per heavy atom. The zero-order valence-electron chi connectivity index (χ0n) is 10.2. The lowest BCUT2D eigenvalue weighted by atomic mass is 9.57. The van der Waals surface area contributed by atoms with Crippen molar-refractivity contribution in [1.29, 1.82) is 0 Å². The number of carboxylic acids is 1. The van der Waals surface area contributed by atoms with Crippen LogP contribution in [0.3, 0.4) is 0 Å². The molecule has 96 valence electrons. The van der Waals surface area contributed by atoms with E-state index in [-0.39, 0.29) is 5.92 Å². The third-order valence-electron chi connectivity index (χ3n) is 5.40. The highest BCUT2D eigenvalue weighted by Gasteiger charge is 2.64. The monoisotopic (exact) mass is 239 g/mol. The molecule has 1 saturated carbocycles. The summed E-state index contributed by atoms with van der Waals surface area (Å²) < 4.78 is 0. The van der Waals surface area contributed by atoms with Gasteiger partial charge in [-0.25, -0.2) is 0 Å².